The summed E-state index contributed by atoms with van der Waals surface area (Å²) in [6.07, 6.45) is 1.62. The van der Waals surface area contributed by atoms with E-state index < -0.39 is 12.0 Å². The Balaban J connectivity index is 1.83. The van der Waals surface area contributed by atoms with Crippen LogP contribution < -0.4 is 5.73 Å². The number of carbonyl (C=O) groups is 2. The Morgan fingerprint density at radius 2 is 2.43 bits per heavy atom. The van der Waals surface area contributed by atoms with Crippen molar-refractivity contribution in [1.82, 2.24) is 19.9 Å². The average molecular weight is 327 g/mol. The molecule has 2 aliphatic rings. The van der Waals surface area contributed by atoms with Gasteiger partial charge in [-0.1, -0.05) is 5.21 Å². The van der Waals surface area contributed by atoms with Gasteiger partial charge in [-0.3, -0.25) is 9.69 Å². The van der Waals surface area contributed by atoms with E-state index in [0.29, 0.717) is 11.5 Å². The molecule has 0 bridgehead atoms. The number of aromatic nitrogens is 3. The third-order valence-corrected chi connectivity index (χ3v) is 5.88. The Labute approximate surface area is 128 Å². The van der Waals surface area contributed by atoms with Crippen molar-refractivity contribution in [3.8, 4) is 0 Å². The van der Waals surface area contributed by atoms with Gasteiger partial charge in [0.1, 0.15) is 22.1 Å². The van der Waals surface area contributed by atoms with Crippen LogP contribution in [0.4, 0.5) is 0 Å². The fourth-order valence-electron chi connectivity index (χ4n) is 2.26. The van der Waals surface area contributed by atoms with Crippen molar-refractivity contribution in [2.75, 3.05) is 11.5 Å². The van der Waals surface area contributed by atoms with Gasteiger partial charge in [0.15, 0.2) is 0 Å². The van der Waals surface area contributed by atoms with Gasteiger partial charge in [0.25, 0.3) is 0 Å². The fraction of sp³-hybridized carbons (Fsp3) is 0.455. The number of carbonyl (C=O) groups excluding carboxylic acids is 1. The van der Waals surface area contributed by atoms with Gasteiger partial charge in [-0.05, 0) is 5.57 Å². The first-order valence-corrected chi connectivity index (χ1v) is 8.17. The maximum absolute atomic E-state index is 11.8. The van der Waals surface area contributed by atoms with Crippen LogP contribution in [0.1, 0.15) is 0 Å². The highest BCUT2D eigenvalue weighted by Crippen LogP contribution is 2.40. The fourth-order valence-corrected chi connectivity index (χ4v) is 4.59. The van der Waals surface area contributed by atoms with Crippen LogP contribution in [-0.2, 0) is 16.6 Å². The van der Waals surface area contributed by atoms with E-state index in [9.17, 15) is 14.7 Å². The van der Waals surface area contributed by atoms with E-state index in [1.54, 1.807) is 17.9 Å². The highest BCUT2D eigenvalue weighted by Gasteiger charge is 2.51. The number of hydrogen-bond acceptors (Lipinski definition) is 7. The van der Waals surface area contributed by atoms with Crippen molar-refractivity contribution in [3.63, 3.8) is 0 Å². The van der Waals surface area contributed by atoms with Gasteiger partial charge in [-0.2, -0.15) is 0 Å². The SMILES string of the molecule is Cn1nncc1SCC1=C(C(=O)O)N2C(=O)C(N)[C@H]2SC1. The molecule has 2 atom stereocenters. The molecule has 0 spiro atoms. The molecule has 1 fully saturated rings. The Hall–Kier alpha value is -1.52. The molecule has 0 aliphatic carbocycles. The largest absolute Gasteiger partial charge is 0.477 e. The average Bonchev–Trinajstić information content (AvgIpc) is 2.88. The zero-order valence-corrected chi connectivity index (χ0v) is 12.7. The maximum Gasteiger partial charge on any atom is 0.352 e. The number of hydrogen-bond donors (Lipinski definition) is 2. The number of carboxylic acid groups (broad SMARTS) is 1. The predicted molar refractivity (Wildman–Crippen MR) is 77.5 cm³/mol. The number of fused-ring (bicyclic) bond motifs is 1. The summed E-state index contributed by atoms with van der Waals surface area (Å²) in [5.41, 5.74) is 6.50. The number of aliphatic carboxylic acids is 1. The molecule has 3 rings (SSSR count). The molecule has 3 heterocycles. The second-order valence-electron chi connectivity index (χ2n) is 4.68. The van der Waals surface area contributed by atoms with Crippen LogP contribution in [0.2, 0.25) is 0 Å². The molecule has 1 unspecified atom stereocenters. The quantitative estimate of drug-likeness (QED) is 0.561. The van der Waals surface area contributed by atoms with Gasteiger partial charge in [-0.15, -0.1) is 28.6 Å². The smallest absolute Gasteiger partial charge is 0.352 e. The second kappa shape index (κ2) is 5.35. The van der Waals surface area contributed by atoms with Gasteiger partial charge in [0.2, 0.25) is 5.91 Å². The number of rotatable bonds is 4. The first kappa shape index (κ1) is 14.4. The molecule has 1 aromatic heterocycles. The molecule has 8 nitrogen and oxygen atoms in total. The summed E-state index contributed by atoms with van der Waals surface area (Å²) >= 11 is 2.95. The monoisotopic (exact) mass is 327 g/mol. The lowest BCUT2D eigenvalue weighted by Gasteiger charge is -2.48. The van der Waals surface area contributed by atoms with Crippen LogP contribution in [0.3, 0.4) is 0 Å². The number of aryl methyl sites for hydroxylation is 1. The number of nitrogens with zero attached hydrogens (tertiary/aromatic N) is 4. The van der Waals surface area contributed by atoms with E-state index in [-0.39, 0.29) is 17.0 Å². The van der Waals surface area contributed by atoms with Crippen molar-refractivity contribution in [1.29, 1.82) is 0 Å². The highest BCUT2D eigenvalue weighted by molar-refractivity contribution is 8.01. The van der Waals surface area contributed by atoms with Crippen molar-refractivity contribution in [2.24, 2.45) is 12.8 Å². The number of amides is 1. The molecule has 2 aliphatic heterocycles. The molecular formula is C11H13N5O3S2. The maximum atomic E-state index is 11.8. The molecule has 1 amide bonds. The predicted octanol–water partition coefficient (Wildman–Crippen LogP) is -0.512. The van der Waals surface area contributed by atoms with E-state index in [0.717, 1.165) is 10.6 Å². The first-order chi connectivity index (χ1) is 10.0. The third-order valence-electron chi connectivity index (χ3n) is 3.36. The first-order valence-electron chi connectivity index (χ1n) is 6.13. The van der Waals surface area contributed by atoms with Gasteiger partial charge in [-0.25, -0.2) is 9.48 Å². The van der Waals surface area contributed by atoms with E-state index in [1.165, 1.54) is 28.4 Å². The lowest BCUT2D eigenvalue weighted by Crippen LogP contribution is -2.68. The topological polar surface area (TPSA) is 114 Å². The second-order valence-corrected chi connectivity index (χ2v) is 6.78. The Bertz CT molecular complexity index is 644. The van der Waals surface area contributed by atoms with E-state index in [4.69, 9.17) is 5.73 Å². The van der Waals surface area contributed by atoms with Crippen LogP contribution in [0.15, 0.2) is 22.5 Å². The number of β-lactam (4-membered cyclic amide) rings is 1. The number of thioether (sulfide) groups is 2. The minimum absolute atomic E-state index is 0.0769. The molecule has 10 heteroatoms. The number of carboxylic acids is 1. The van der Waals surface area contributed by atoms with Crippen molar-refractivity contribution in [2.45, 2.75) is 16.4 Å². The minimum Gasteiger partial charge on any atom is -0.477 e. The zero-order chi connectivity index (χ0) is 15.1. The van der Waals surface area contributed by atoms with Crippen LogP contribution in [0.5, 0.6) is 0 Å². The van der Waals surface area contributed by atoms with Gasteiger partial charge in [0.05, 0.1) is 6.20 Å². The van der Waals surface area contributed by atoms with Crippen LogP contribution in [0.25, 0.3) is 0 Å². The van der Waals surface area contributed by atoms with Crippen LogP contribution in [-0.4, -0.2) is 59.8 Å². The normalized spacial score (nSPS) is 24.9. The van der Waals surface area contributed by atoms with Crippen molar-refractivity contribution in [3.05, 3.63) is 17.5 Å². The third kappa shape index (κ3) is 2.32. The van der Waals surface area contributed by atoms with Crippen molar-refractivity contribution >= 4 is 35.4 Å². The van der Waals surface area contributed by atoms with Crippen LogP contribution in [0, 0.1) is 0 Å². The van der Waals surface area contributed by atoms with Gasteiger partial charge < -0.3 is 10.8 Å². The molecule has 0 aromatic carbocycles. The summed E-state index contributed by atoms with van der Waals surface area (Å²) in [5, 5.41) is 17.6. The molecule has 21 heavy (non-hydrogen) atoms. The summed E-state index contributed by atoms with van der Waals surface area (Å²) in [6.45, 7) is 0. The Kier molecular flexibility index (Phi) is 3.68. The molecule has 3 N–H and O–H groups in total. The van der Waals surface area contributed by atoms with Gasteiger partial charge >= 0.3 is 5.97 Å². The molecule has 1 saturated heterocycles. The number of nitrogens with two attached hydrogens (primary N) is 1. The molecule has 1 aromatic rings. The highest BCUT2D eigenvalue weighted by atomic mass is 32.2. The Morgan fingerprint density at radius 1 is 1.67 bits per heavy atom. The summed E-state index contributed by atoms with van der Waals surface area (Å²) in [4.78, 5) is 24.6. The van der Waals surface area contributed by atoms with E-state index in [2.05, 4.69) is 10.3 Å². The lowest BCUT2D eigenvalue weighted by molar-refractivity contribution is -0.147. The zero-order valence-electron chi connectivity index (χ0n) is 11.1. The molecule has 112 valence electrons. The molecular weight excluding hydrogens is 314 g/mol. The Morgan fingerprint density at radius 3 is 3.05 bits per heavy atom. The standard InChI is InChI=1S/C11H13N5O3S2/c1-15-6(2-13-14-15)20-3-5-4-21-10-7(12)9(17)16(10)8(5)11(18)19/h2,7,10H,3-4,12H2,1H3,(H,18,19)/t7?,10-/m1/s1. The summed E-state index contributed by atoms with van der Waals surface area (Å²) in [6, 6.07) is -0.597. The van der Waals surface area contributed by atoms with E-state index >= 15 is 0 Å². The lowest BCUT2D eigenvalue weighted by atomic mass is 10.0. The van der Waals surface area contributed by atoms with Gasteiger partial charge in [0, 0.05) is 18.6 Å². The molecule has 0 saturated carbocycles. The minimum atomic E-state index is -1.08. The van der Waals surface area contributed by atoms with Crippen molar-refractivity contribution < 1.29 is 14.7 Å². The van der Waals surface area contributed by atoms with Crippen LogP contribution >= 0.6 is 23.5 Å². The summed E-state index contributed by atoms with van der Waals surface area (Å²) < 4.78 is 1.62. The summed E-state index contributed by atoms with van der Waals surface area (Å²) in [5.74, 6) is -0.377. The summed E-state index contributed by atoms with van der Waals surface area (Å²) in [7, 11) is 1.77. The van der Waals surface area contributed by atoms with E-state index in [1.807, 2.05) is 0 Å². The molecule has 0 radical (unpaired) electrons.